The summed E-state index contributed by atoms with van der Waals surface area (Å²) in [5, 5.41) is 5.48. The smallest absolute Gasteiger partial charge is 0.224 e. The van der Waals surface area contributed by atoms with Gasteiger partial charge in [0.05, 0.1) is 0 Å². The molecule has 1 aliphatic rings. The number of anilines is 1. The molecule has 2 rings (SSSR count). The summed E-state index contributed by atoms with van der Waals surface area (Å²) in [5.41, 5.74) is 0.405. The van der Waals surface area contributed by atoms with Crippen LogP contribution in [-0.2, 0) is 9.59 Å². The topological polar surface area (TPSA) is 58.2 Å². The van der Waals surface area contributed by atoms with Crippen LogP contribution in [0.25, 0.3) is 0 Å². The van der Waals surface area contributed by atoms with E-state index in [0.29, 0.717) is 5.69 Å². The van der Waals surface area contributed by atoms with Gasteiger partial charge in [-0.05, 0) is 30.4 Å². The van der Waals surface area contributed by atoms with Crippen molar-refractivity contribution < 1.29 is 14.0 Å². The quantitative estimate of drug-likeness (QED) is 0.875. The second-order valence-electron chi connectivity index (χ2n) is 4.69. The summed E-state index contributed by atoms with van der Waals surface area (Å²) in [4.78, 5) is 23.3. The van der Waals surface area contributed by atoms with Crippen molar-refractivity contribution in [3.8, 4) is 0 Å². The molecule has 1 unspecified atom stereocenters. The number of thioether (sulfide) groups is 1. The molecular formula is C14H17FN2O2S. The Labute approximate surface area is 121 Å². The first-order chi connectivity index (χ1) is 9.63. The lowest BCUT2D eigenvalue weighted by Gasteiger charge is -2.11. The van der Waals surface area contributed by atoms with Gasteiger partial charge in [-0.3, -0.25) is 9.59 Å². The van der Waals surface area contributed by atoms with E-state index in [-0.39, 0.29) is 30.7 Å². The number of rotatable bonds is 5. The maximum Gasteiger partial charge on any atom is 0.224 e. The van der Waals surface area contributed by atoms with Crippen molar-refractivity contribution in [1.29, 1.82) is 0 Å². The fourth-order valence-corrected chi connectivity index (χ4v) is 3.12. The highest BCUT2D eigenvalue weighted by Gasteiger charge is 2.17. The van der Waals surface area contributed by atoms with Gasteiger partial charge < -0.3 is 10.6 Å². The van der Waals surface area contributed by atoms with Crippen LogP contribution < -0.4 is 10.6 Å². The number of carbonyl (C=O) groups is 2. The molecule has 0 radical (unpaired) electrons. The van der Waals surface area contributed by atoms with Crippen molar-refractivity contribution in [3.05, 3.63) is 30.1 Å². The van der Waals surface area contributed by atoms with Crippen molar-refractivity contribution in [2.75, 3.05) is 16.8 Å². The van der Waals surface area contributed by atoms with Crippen LogP contribution in [0.5, 0.6) is 0 Å². The molecule has 1 aliphatic heterocycles. The van der Waals surface area contributed by atoms with Gasteiger partial charge in [-0.15, -0.1) is 0 Å². The largest absolute Gasteiger partial charge is 0.353 e. The average Bonchev–Trinajstić information content (AvgIpc) is 2.89. The number of hydrogen-bond acceptors (Lipinski definition) is 3. The van der Waals surface area contributed by atoms with Gasteiger partial charge in [-0.1, -0.05) is 6.07 Å². The van der Waals surface area contributed by atoms with E-state index in [1.807, 2.05) is 11.8 Å². The van der Waals surface area contributed by atoms with Crippen LogP contribution in [0.3, 0.4) is 0 Å². The third-order valence-electron chi connectivity index (χ3n) is 2.98. The molecule has 1 aromatic rings. The van der Waals surface area contributed by atoms with Gasteiger partial charge in [-0.25, -0.2) is 4.39 Å². The predicted molar refractivity (Wildman–Crippen MR) is 78.1 cm³/mol. The van der Waals surface area contributed by atoms with E-state index >= 15 is 0 Å². The van der Waals surface area contributed by atoms with Gasteiger partial charge in [0.25, 0.3) is 0 Å². The Morgan fingerprint density at radius 3 is 2.80 bits per heavy atom. The van der Waals surface area contributed by atoms with Gasteiger partial charge in [0.2, 0.25) is 11.8 Å². The van der Waals surface area contributed by atoms with Crippen LogP contribution in [0.1, 0.15) is 19.3 Å². The Kier molecular flexibility index (Phi) is 5.40. The third kappa shape index (κ3) is 4.85. The number of halogens is 1. The average molecular weight is 296 g/mol. The lowest BCUT2D eigenvalue weighted by atomic mass is 10.2. The van der Waals surface area contributed by atoms with Gasteiger partial charge in [0, 0.05) is 30.3 Å². The van der Waals surface area contributed by atoms with Gasteiger partial charge in [0.15, 0.2) is 0 Å². The molecule has 1 atom stereocenters. The highest BCUT2D eigenvalue weighted by Crippen LogP contribution is 2.17. The summed E-state index contributed by atoms with van der Waals surface area (Å²) in [5.74, 6) is 1.23. The summed E-state index contributed by atoms with van der Waals surface area (Å²) in [6.07, 6.45) is 1.25. The summed E-state index contributed by atoms with van der Waals surface area (Å²) in [6.45, 7) is 0. The monoisotopic (exact) mass is 296 g/mol. The fraction of sp³-hybridized carbons (Fsp3) is 0.429. The zero-order valence-corrected chi connectivity index (χ0v) is 11.8. The van der Waals surface area contributed by atoms with E-state index in [4.69, 9.17) is 0 Å². The molecule has 1 aromatic carbocycles. The molecule has 20 heavy (non-hydrogen) atoms. The first kappa shape index (κ1) is 14.8. The first-order valence-corrected chi connectivity index (χ1v) is 7.71. The van der Waals surface area contributed by atoms with Crippen LogP contribution in [0.15, 0.2) is 24.3 Å². The maximum atomic E-state index is 12.9. The Morgan fingerprint density at radius 2 is 2.10 bits per heavy atom. The predicted octanol–water partition coefficient (Wildman–Crippen LogP) is 2.17. The standard InChI is InChI=1S/C14H17FN2O2S/c15-10-2-1-3-11(8-10)16-13(18)4-5-14(19)17-12-6-7-20-9-12/h1-3,8,12H,4-7,9H2,(H,16,18)(H,17,19). The molecule has 0 saturated carbocycles. The molecule has 2 N–H and O–H groups in total. The van der Waals surface area contributed by atoms with E-state index in [9.17, 15) is 14.0 Å². The minimum atomic E-state index is -0.403. The molecule has 1 heterocycles. The molecule has 0 aliphatic carbocycles. The van der Waals surface area contributed by atoms with Gasteiger partial charge >= 0.3 is 0 Å². The van der Waals surface area contributed by atoms with Crippen LogP contribution in [0.4, 0.5) is 10.1 Å². The Bertz CT molecular complexity index is 490. The first-order valence-electron chi connectivity index (χ1n) is 6.56. The Hall–Kier alpha value is -1.56. The summed E-state index contributed by atoms with van der Waals surface area (Å²) in [6, 6.07) is 5.92. The molecule has 1 fully saturated rings. The van der Waals surface area contributed by atoms with Gasteiger partial charge in [-0.2, -0.15) is 11.8 Å². The molecule has 1 saturated heterocycles. The van der Waals surface area contributed by atoms with Crippen molar-refractivity contribution in [3.63, 3.8) is 0 Å². The second kappa shape index (κ2) is 7.28. The zero-order chi connectivity index (χ0) is 14.4. The SMILES string of the molecule is O=C(CCC(=O)NC1CCSC1)Nc1cccc(F)c1. The van der Waals surface area contributed by atoms with Gasteiger partial charge in [0.1, 0.15) is 5.82 Å². The molecule has 0 bridgehead atoms. The minimum absolute atomic E-state index is 0.0994. The van der Waals surface area contributed by atoms with Crippen molar-refractivity contribution in [2.24, 2.45) is 0 Å². The molecule has 0 aromatic heterocycles. The number of hydrogen-bond donors (Lipinski definition) is 2. The van der Waals surface area contributed by atoms with Crippen molar-refractivity contribution in [2.45, 2.75) is 25.3 Å². The van der Waals surface area contributed by atoms with E-state index in [1.54, 1.807) is 6.07 Å². The van der Waals surface area contributed by atoms with E-state index in [2.05, 4.69) is 10.6 Å². The number of carbonyl (C=O) groups excluding carboxylic acids is 2. The molecule has 4 nitrogen and oxygen atoms in total. The molecule has 108 valence electrons. The van der Waals surface area contributed by atoms with Crippen molar-refractivity contribution in [1.82, 2.24) is 5.32 Å². The summed E-state index contributed by atoms with van der Waals surface area (Å²) < 4.78 is 12.9. The normalized spacial score (nSPS) is 17.8. The van der Waals surface area contributed by atoms with Crippen LogP contribution in [0.2, 0.25) is 0 Å². The van der Waals surface area contributed by atoms with E-state index < -0.39 is 5.82 Å². The van der Waals surface area contributed by atoms with E-state index in [0.717, 1.165) is 17.9 Å². The highest BCUT2D eigenvalue weighted by molar-refractivity contribution is 7.99. The molecule has 2 amide bonds. The van der Waals surface area contributed by atoms with Crippen LogP contribution >= 0.6 is 11.8 Å². The van der Waals surface area contributed by atoms with Crippen molar-refractivity contribution >= 4 is 29.3 Å². The molecular weight excluding hydrogens is 279 g/mol. The summed E-state index contributed by atoms with van der Waals surface area (Å²) in [7, 11) is 0. The Morgan fingerprint density at radius 1 is 1.30 bits per heavy atom. The number of benzene rings is 1. The lowest BCUT2D eigenvalue weighted by Crippen LogP contribution is -2.34. The zero-order valence-electron chi connectivity index (χ0n) is 11.0. The third-order valence-corrected chi connectivity index (χ3v) is 4.14. The number of amides is 2. The molecule has 6 heteroatoms. The maximum absolute atomic E-state index is 12.9. The second-order valence-corrected chi connectivity index (χ2v) is 5.84. The highest BCUT2D eigenvalue weighted by atomic mass is 32.2. The number of nitrogens with one attached hydrogen (secondary N) is 2. The lowest BCUT2D eigenvalue weighted by molar-refractivity contribution is -0.124. The van der Waals surface area contributed by atoms with Crippen LogP contribution in [-0.4, -0.2) is 29.4 Å². The Balaban J connectivity index is 1.70. The van der Waals surface area contributed by atoms with Crippen LogP contribution in [0, 0.1) is 5.82 Å². The summed E-state index contributed by atoms with van der Waals surface area (Å²) >= 11 is 1.82. The fourth-order valence-electron chi connectivity index (χ4n) is 1.96. The minimum Gasteiger partial charge on any atom is -0.353 e. The van der Waals surface area contributed by atoms with E-state index in [1.165, 1.54) is 18.2 Å². The molecule has 0 spiro atoms.